The van der Waals surface area contributed by atoms with Gasteiger partial charge in [-0.3, -0.25) is 0 Å². The van der Waals surface area contributed by atoms with Crippen molar-refractivity contribution in [1.29, 1.82) is 0 Å². The highest BCUT2D eigenvalue weighted by atomic mass is 32.1. The molecular weight excluding hydrogens is 284 g/mol. The van der Waals surface area contributed by atoms with Crippen LogP contribution in [0.4, 0.5) is 5.13 Å². The fourth-order valence-corrected chi connectivity index (χ4v) is 2.73. The molecule has 114 valence electrons. The minimum absolute atomic E-state index is 0.157. The Hall–Kier alpha value is -1.75. The van der Waals surface area contributed by atoms with Crippen LogP contribution in [0.15, 0.2) is 24.4 Å². The Morgan fingerprint density at radius 3 is 2.76 bits per heavy atom. The third-order valence-electron chi connectivity index (χ3n) is 3.11. The van der Waals surface area contributed by atoms with E-state index in [0.717, 1.165) is 28.6 Å². The van der Waals surface area contributed by atoms with Gasteiger partial charge in [-0.2, -0.15) is 0 Å². The summed E-state index contributed by atoms with van der Waals surface area (Å²) >= 11 is 1.66. The first-order valence-corrected chi connectivity index (χ1v) is 7.95. The lowest BCUT2D eigenvalue weighted by atomic mass is 10.1. The first-order chi connectivity index (χ1) is 10.1. The van der Waals surface area contributed by atoms with Crippen molar-refractivity contribution in [3.63, 3.8) is 0 Å². The number of anilines is 1. The first kappa shape index (κ1) is 15.6. The molecule has 0 bridgehead atoms. The Kier molecular flexibility index (Phi) is 5.44. The van der Waals surface area contributed by atoms with E-state index in [0.29, 0.717) is 6.61 Å². The molecule has 1 unspecified atom stereocenters. The number of benzene rings is 1. The van der Waals surface area contributed by atoms with Crippen molar-refractivity contribution in [3.8, 4) is 11.5 Å². The number of aromatic nitrogens is 1. The smallest absolute Gasteiger partial charge is 0.183 e. The maximum Gasteiger partial charge on any atom is 0.183 e. The van der Waals surface area contributed by atoms with Gasteiger partial charge in [0.25, 0.3) is 0 Å². The zero-order chi connectivity index (χ0) is 15.2. The van der Waals surface area contributed by atoms with Crippen LogP contribution in [0, 0.1) is 6.92 Å². The summed E-state index contributed by atoms with van der Waals surface area (Å²) in [6, 6.07) is 6.20. The van der Waals surface area contributed by atoms with Crippen LogP contribution < -0.4 is 14.8 Å². The van der Waals surface area contributed by atoms with Crippen LogP contribution in [0.5, 0.6) is 11.5 Å². The van der Waals surface area contributed by atoms with Crippen LogP contribution in [-0.4, -0.2) is 18.7 Å². The van der Waals surface area contributed by atoms with E-state index in [9.17, 15) is 0 Å². The Labute approximate surface area is 130 Å². The molecule has 0 saturated carbocycles. The van der Waals surface area contributed by atoms with Gasteiger partial charge in [-0.1, -0.05) is 13.0 Å². The van der Waals surface area contributed by atoms with Crippen LogP contribution in [0.25, 0.3) is 0 Å². The molecule has 0 fully saturated rings. The highest BCUT2D eigenvalue weighted by Crippen LogP contribution is 2.32. The van der Waals surface area contributed by atoms with Gasteiger partial charge in [0.05, 0.1) is 19.8 Å². The van der Waals surface area contributed by atoms with Gasteiger partial charge < -0.3 is 14.8 Å². The SMILES string of the molecule is CCCOc1ccc(C(C)Nc2ncc(C)s2)cc1OC. The minimum Gasteiger partial charge on any atom is -0.493 e. The van der Waals surface area contributed by atoms with E-state index in [2.05, 4.69) is 37.1 Å². The molecule has 4 nitrogen and oxygen atoms in total. The van der Waals surface area contributed by atoms with Gasteiger partial charge in [0.1, 0.15) is 0 Å². The summed E-state index contributed by atoms with van der Waals surface area (Å²) in [5.41, 5.74) is 1.14. The van der Waals surface area contributed by atoms with E-state index in [1.54, 1.807) is 18.4 Å². The van der Waals surface area contributed by atoms with E-state index in [-0.39, 0.29) is 6.04 Å². The van der Waals surface area contributed by atoms with Crippen molar-refractivity contribution in [2.24, 2.45) is 0 Å². The fourth-order valence-electron chi connectivity index (χ4n) is 1.97. The lowest BCUT2D eigenvalue weighted by Gasteiger charge is -2.16. The Balaban J connectivity index is 2.11. The molecule has 2 rings (SSSR count). The molecule has 0 aliphatic carbocycles. The van der Waals surface area contributed by atoms with E-state index in [4.69, 9.17) is 9.47 Å². The third-order valence-corrected chi connectivity index (χ3v) is 3.95. The predicted molar refractivity (Wildman–Crippen MR) is 87.7 cm³/mol. The lowest BCUT2D eigenvalue weighted by molar-refractivity contribution is 0.294. The largest absolute Gasteiger partial charge is 0.493 e. The number of nitrogens with zero attached hydrogens (tertiary/aromatic N) is 1. The van der Waals surface area contributed by atoms with Gasteiger partial charge in [-0.05, 0) is 38.0 Å². The minimum atomic E-state index is 0.157. The second-order valence-electron chi connectivity index (χ2n) is 4.90. The Morgan fingerprint density at radius 1 is 1.33 bits per heavy atom. The standard InChI is InChI=1S/C16H22N2O2S/c1-5-8-20-14-7-6-13(9-15(14)19-4)12(3)18-16-17-10-11(2)21-16/h6-7,9-10,12H,5,8H2,1-4H3,(H,17,18). The van der Waals surface area contributed by atoms with Gasteiger partial charge in [0.15, 0.2) is 16.6 Å². The van der Waals surface area contributed by atoms with Crippen molar-refractivity contribution >= 4 is 16.5 Å². The molecule has 0 aliphatic rings. The first-order valence-electron chi connectivity index (χ1n) is 7.13. The highest BCUT2D eigenvalue weighted by Gasteiger charge is 2.11. The molecule has 1 aromatic heterocycles. The molecule has 2 aromatic rings. The maximum absolute atomic E-state index is 5.68. The zero-order valence-corrected chi connectivity index (χ0v) is 13.8. The van der Waals surface area contributed by atoms with E-state index in [1.807, 2.05) is 18.3 Å². The molecule has 1 heterocycles. The van der Waals surface area contributed by atoms with Gasteiger partial charge in [0.2, 0.25) is 0 Å². The number of methoxy groups -OCH3 is 1. The second kappa shape index (κ2) is 7.31. The maximum atomic E-state index is 5.68. The molecule has 1 atom stereocenters. The number of ether oxygens (including phenoxy) is 2. The van der Waals surface area contributed by atoms with Crippen molar-refractivity contribution in [3.05, 3.63) is 34.8 Å². The highest BCUT2D eigenvalue weighted by molar-refractivity contribution is 7.15. The third kappa shape index (κ3) is 4.11. The van der Waals surface area contributed by atoms with Crippen molar-refractivity contribution in [2.45, 2.75) is 33.2 Å². The van der Waals surface area contributed by atoms with Crippen LogP contribution in [0.1, 0.15) is 36.8 Å². The number of thiazole rings is 1. The van der Waals surface area contributed by atoms with Crippen LogP contribution in [-0.2, 0) is 0 Å². The van der Waals surface area contributed by atoms with E-state index >= 15 is 0 Å². The molecule has 1 aromatic carbocycles. The van der Waals surface area contributed by atoms with Gasteiger partial charge >= 0.3 is 0 Å². The van der Waals surface area contributed by atoms with Crippen molar-refractivity contribution in [2.75, 3.05) is 19.0 Å². The second-order valence-corrected chi connectivity index (χ2v) is 6.14. The van der Waals surface area contributed by atoms with Gasteiger partial charge in [-0.25, -0.2) is 4.98 Å². The molecule has 0 radical (unpaired) electrons. The summed E-state index contributed by atoms with van der Waals surface area (Å²) in [7, 11) is 1.67. The van der Waals surface area contributed by atoms with E-state index in [1.165, 1.54) is 4.88 Å². The van der Waals surface area contributed by atoms with Gasteiger partial charge in [-0.15, -0.1) is 11.3 Å². The summed E-state index contributed by atoms with van der Waals surface area (Å²) < 4.78 is 11.1. The number of rotatable bonds is 7. The average molecular weight is 306 g/mol. The van der Waals surface area contributed by atoms with Crippen LogP contribution in [0.3, 0.4) is 0 Å². The molecule has 21 heavy (non-hydrogen) atoms. The molecule has 0 aliphatic heterocycles. The number of aryl methyl sites for hydroxylation is 1. The Bertz CT molecular complexity index is 583. The summed E-state index contributed by atoms with van der Waals surface area (Å²) in [6.45, 7) is 6.94. The average Bonchev–Trinajstić information content (AvgIpc) is 2.90. The summed E-state index contributed by atoms with van der Waals surface area (Å²) in [5.74, 6) is 1.56. The molecular formula is C16H22N2O2S. The topological polar surface area (TPSA) is 43.4 Å². The van der Waals surface area contributed by atoms with Crippen LogP contribution in [0.2, 0.25) is 0 Å². The Morgan fingerprint density at radius 2 is 2.14 bits per heavy atom. The monoisotopic (exact) mass is 306 g/mol. The molecule has 1 N–H and O–H groups in total. The summed E-state index contributed by atoms with van der Waals surface area (Å²) in [4.78, 5) is 5.53. The predicted octanol–water partition coefficient (Wildman–Crippen LogP) is 4.42. The summed E-state index contributed by atoms with van der Waals surface area (Å²) in [6.07, 6.45) is 2.86. The molecule has 5 heteroatoms. The van der Waals surface area contributed by atoms with Crippen molar-refractivity contribution in [1.82, 2.24) is 4.98 Å². The summed E-state index contributed by atoms with van der Waals surface area (Å²) in [5, 5.41) is 4.34. The number of hydrogen-bond acceptors (Lipinski definition) is 5. The molecule has 0 saturated heterocycles. The normalized spacial score (nSPS) is 12.0. The fraction of sp³-hybridized carbons (Fsp3) is 0.438. The number of nitrogens with one attached hydrogen (secondary N) is 1. The van der Waals surface area contributed by atoms with Crippen LogP contribution >= 0.6 is 11.3 Å². The van der Waals surface area contributed by atoms with Crippen molar-refractivity contribution < 1.29 is 9.47 Å². The zero-order valence-electron chi connectivity index (χ0n) is 13.0. The van der Waals surface area contributed by atoms with E-state index < -0.39 is 0 Å². The van der Waals surface area contributed by atoms with Gasteiger partial charge in [0, 0.05) is 11.1 Å². The number of hydrogen-bond donors (Lipinski definition) is 1. The lowest BCUT2D eigenvalue weighted by Crippen LogP contribution is -2.07. The molecule has 0 amide bonds. The quantitative estimate of drug-likeness (QED) is 0.822. The molecule has 0 spiro atoms.